The van der Waals surface area contributed by atoms with Crippen LogP contribution in [0.1, 0.15) is 149 Å². The number of aliphatic hydroxyl groups excluding tert-OH is 1. The lowest BCUT2D eigenvalue weighted by molar-refractivity contribution is -0.147. The SMILES string of the molecule is CCCCCC/C=C\CCCCCCCC(=O)NCCOP(=O)(O)OCC(O)COC(=O)CCCCCCCCCC. The van der Waals surface area contributed by atoms with Crippen LogP contribution in [0, 0.1) is 0 Å². The summed E-state index contributed by atoms with van der Waals surface area (Å²) < 4.78 is 26.6. The van der Waals surface area contributed by atoms with Gasteiger partial charge < -0.3 is 20.1 Å². The Hall–Kier alpha value is -1.25. The lowest BCUT2D eigenvalue weighted by atomic mass is 10.1. The largest absolute Gasteiger partial charge is 0.472 e. The normalized spacial score (nSPS) is 13.7. The summed E-state index contributed by atoms with van der Waals surface area (Å²) in [6.07, 6.45) is 25.8. The number of amides is 1. The number of esters is 1. The topological polar surface area (TPSA) is 131 Å². The van der Waals surface area contributed by atoms with Crippen LogP contribution in [0.25, 0.3) is 0 Å². The molecule has 0 aliphatic rings. The highest BCUT2D eigenvalue weighted by atomic mass is 31.2. The Balaban J connectivity index is 3.65. The molecule has 3 N–H and O–H groups in total. The molecule has 2 unspecified atom stereocenters. The molecule has 2 atom stereocenters. The third-order valence-electron chi connectivity index (χ3n) is 6.95. The van der Waals surface area contributed by atoms with Crippen LogP contribution in [0.5, 0.6) is 0 Å². The van der Waals surface area contributed by atoms with Crippen molar-refractivity contribution in [2.24, 2.45) is 0 Å². The Bertz CT molecular complexity index is 719. The number of ether oxygens (including phenoxy) is 1. The minimum atomic E-state index is -4.40. The first-order valence-corrected chi connectivity index (χ1v) is 18.2. The maximum Gasteiger partial charge on any atom is 0.472 e. The van der Waals surface area contributed by atoms with Crippen molar-refractivity contribution in [1.82, 2.24) is 5.32 Å². The van der Waals surface area contributed by atoms with Crippen LogP contribution in [-0.4, -0.2) is 54.3 Å². The van der Waals surface area contributed by atoms with E-state index >= 15 is 0 Å². The van der Waals surface area contributed by atoms with E-state index in [0.717, 1.165) is 51.4 Å². The van der Waals surface area contributed by atoms with Crippen molar-refractivity contribution in [3.05, 3.63) is 12.2 Å². The van der Waals surface area contributed by atoms with E-state index in [0.29, 0.717) is 6.42 Å². The van der Waals surface area contributed by atoms with Crippen molar-refractivity contribution >= 4 is 19.7 Å². The van der Waals surface area contributed by atoms with Gasteiger partial charge in [0.1, 0.15) is 12.7 Å². The average molecular weight is 620 g/mol. The van der Waals surface area contributed by atoms with Crippen molar-refractivity contribution in [3.8, 4) is 0 Å². The smallest absolute Gasteiger partial charge is 0.463 e. The Morgan fingerprint density at radius 2 is 1.21 bits per heavy atom. The summed E-state index contributed by atoms with van der Waals surface area (Å²) in [5, 5.41) is 12.6. The number of nitrogens with one attached hydrogen (secondary N) is 1. The van der Waals surface area contributed by atoms with Gasteiger partial charge >= 0.3 is 13.8 Å². The fourth-order valence-corrected chi connectivity index (χ4v) is 5.13. The molecule has 0 spiro atoms. The van der Waals surface area contributed by atoms with Crippen LogP contribution in [0.15, 0.2) is 12.2 Å². The monoisotopic (exact) mass is 619 g/mol. The number of rotatable bonds is 31. The van der Waals surface area contributed by atoms with E-state index in [1.165, 1.54) is 70.6 Å². The molecule has 1 amide bonds. The molecule has 0 fully saturated rings. The van der Waals surface area contributed by atoms with Gasteiger partial charge in [0.2, 0.25) is 5.91 Å². The Morgan fingerprint density at radius 1 is 0.714 bits per heavy atom. The minimum absolute atomic E-state index is 0.0798. The molecule has 0 heterocycles. The molecule has 0 bridgehead atoms. The number of carbonyl (C=O) groups excluding carboxylic acids is 2. The van der Waals surface area contributed by atoms with Crippen molar-refractivity contribution in [1.29, 1.82) is 0 Å². The molecule has 0 saturated carbocycles. The lowest BCUT2D eigenvalue weighted by Crippen LogP contribution is -2.27. The van der Waals surface area contributed by atoms with Gasteiger partial charge in [-0.05, 0) is 38.5 Å². The van der Waals surface area contributed by atoms with Gasteiger partial charge in [0.25, 0.3) is 0 Å². The lowest BCUT2D eigenvalue weighted by Gasteiger charge is -2.15. The zero-order valence-electron chi connectivity index (χ0n) is 26.7. The molecule has 0 aromatic rings. The van der Waals surface area contributed by atoms with E-state index in [1.807, 2.05) is 0 Å². The first-order chi connectivity index (χ1) is 20.3. The van der Waals surface area contributed by atoms with Crippen LogP contribution >= 0.6 is 7.82 Å². The van der Waals surface area contributed by atoms with Crippen LogP contribution in [0.3, 0.4) is 0 Å². The number of phosphoric acid groups is 1. The van der Waals surface area contributed by atoms with Gasteiger partial charge in [-0.1, -0.05) is 109 Å². The van der Waals surface area contributed by atoms with Crippen LogP contribution in [-0.2, 0) is 27.9 Å². The van der Waals surface area contributed by atoms with Crippen LogP contribution < -0.4 is 5.32 Å². The predicted molar refractivity (Wildman–Crippen MR) is 169 cm³/mol. The number of phosphoric ester groups is 1. The Labute approximate surface area is 256 Å². The maximum atomic E-state index is 12.0. The fraction of sp³-hybridized carbons (Fsp3) is 0.875. The van der Waals surface area contributed by atoms with Crippen molar-refractivity contribution in [2.75, 3.05) is 26.4 Å². The standard InChI is InChI=1S/C32H62NO8P/c1-3-5-7-9-11-13-14-15-16-17-18-20-22-24-31(35)33-26-27-40-42(37,38)41-29-30(34)28-39-32(36)25-23-21-19-12-10-8-6-4-2/h13-14,30,34H,3-12,15-29H2,1-2H3,(H,33,35)(H,37,38)/b14-13-. The highest BCUT2D eigenvalue weighted by Gasteiger charge is 2.23. The second-order valence-corrected chi connectivity index (χ2v) is 12.6. The van der Waals surface area contributed by atoms with Crippen LogP contribution in [0.4, 0.5) is 0 Å². The summed E-state index contributed by atoms with van der Waals surface area (Å²) in [7, 11) is -4.40. The van der Waals surface area contributed by atoms with Gasteiger partial charge in [-0.25, -0.2) is 4.57 Å². The molecule has 42 heavy (non-hydrogen) atoms. The first kappa shape index (κ1) is 40.8. The maximum absolute atomic E-state index is 12.0. The number of aliphatic hydroxyl groups is 1. The van der Waals surface area contributed by atoms with Gasteiger partial charge in [-0.2, -0.15) is 0 Å². The molecule has 0 aromatic carbocycles. The van der Waals surface area contributed by atoms with E-state index in [4.69, 9.17) is 13.8 Å². The summed E-state index contributed by atoms with van der Waals surface area (Å²) >= 11 is 0. The minimum Gasteiger partial charge on any atom is -0.463 e. The molecular formula is C32H62NO8P. The molecule has 0 radical (unpaired) electrons. The van der Waals surface area contributed by atoms with Gasteiger partial charge in [0, 0.05) is 19.4 Å². The third-order valence-corrected chi connectivity index (χ3v) is 7.93. The highest BCUT2D eigenvalue weighted by Crippen LogP contribution is 2.42. The molecule has 0 aliphatic heterocycles. The second kappa shape index (κ2) is 29.8. The third kappa shape index (κ3) is 30.2. The van der Waals surface area contributed by atoms with Gasteiger partial charge in [0.05, 0.1) is 13.2 Å². The molecule has 10 heteroatoms. The number of unbranched alkanes of at least 4 members (excludes halogenated alkanes) is 16. The van der Waals surface area contributed by atoms with Gasteiger partial charge in [-0.3, -0.25) is 18.6 Å². The molecule has 9 nitrogen and oxygen atoms in total. The predicted octanol–water partition coefficient (Wildman–Crippen LogP) is 7.93. The zero-order chi connectivity index (χ0) is 31.2. The second-order valence-electron chi connectivity index (χ2n) is 11.1. The van der Waals surface area contributed by atoms with Gasteiger partial charge in [-0.15, -0.1) is 0 Å². The van der Waals surface area contributed by atoms with E-state index in [-0.39, 0.29) is 32.1 Å². The van der Waals surface area contributed by atoms with Gasteiger partial charge in [0.15, 0.2) is 0 Å². The number of hydrogen-bond acceptors (Lipinski definition) is 7. The molecular weight excluding hydrogens is 557 g/mol. The molecule has 0 rings (SSSR count). The summed E-state index contributed by atoms with van der Waals surface area (Å²) in [5.74, 6) is -0.530. The number of allylic oxidation sites excluding steroid dienone is 2. The van der Waals surface area contributed by atoms with E-state index in [2.05, 4.69) is 31.3 Å². The molecule has 0 aromatic heterocycles. The van der Waals surface area contributed by atoms with Crippen LogP contribution in [0.2, 0.25) is 0 Å². The zero-order valence-corrected chi connectivity index (χ0v) is 27.6. The first-order valence-electron chi connectivity index (χ1n) is 16.7. The van der Waals surface area contributed by atoms with Crippen molar-refractivity contribution in [2.45, 2.75) is 155 Å². The van der Waals surface area contributed by atoms with E-state index in [1.54, 1.807) is 0 Å². The summed E-state index contributed by atoms with van der Waals surface area (Å²) in [4.78, 5) is 33.5. The number of carbonyl (C=O) groups is 2. The van der Waals surface area contributed by atoms with Crippen molar-refractivity contribution < 1.29 is 37.9 Å². The molecule has 248 valence electrons. The Morgan fingerprint density at radius 3 is 1.81 bits per heavy atom. The summed E-state index contributed by atoms with van der Waals surface area (Å²) in [5.41, 5.74) is 0. The molecule has 0 aliphatic carbocycles. The van der Waals surface area contributed by atoms with Crippen molar-refractivity contribution in [3.63, 3.8) is 0 Å². The van der Waals surface area contributed by atoms with E-state index < -0.39 is 26.5 Å². The molecule has 0 saturated heterocycles. The summed E-state index contributed by atoms with van der Waals surface area (Å²) in [6, 6.07) is 0. The average Bonchev–Trinajstić information content (AvgIpc) is 2.97. The van der Waals surface area contributed by atoms with E-state index in [9.17, 15) is 24.2 Å². The highest BCUT2D eigenvalue weighted by molar-refractivity contribution is 7.47. The Kier molecular flexibility index (Phi) is 28.9. The fourth-order valence-electron chi connectivity index (χ4n) is 4.37. The summed E-state index contributed by atoms with van der Waals surface area (Å²) in [6.45, 7) is 3.47. The number of hydrogen-bond donors (Lipinski definition) is 3. The quantitative estimate of drug-likeness (QED) is 0.0309.